The van der Waals surface area contributed by atoms with Crippen LogP contribution in [0.15, 0.2) is 28.9 Å². The molecule has 2 aliphatic rings. The second-order valence-electron chi connectivity index (χ2n) is 9.26. The van der Waals surface area contributed by atoms with Gasteiger partial charge in [-0.15, -0.1) is 0 Å². The summed E-state index contributed by atoms with van der Waals surface area (Å²) in [6.45, 7) is 10.4. The lowest BCUT2D eigenvalue weighted by Crippen LogP contribution is -2.53. The van der Waals surface area contributed by atoms with Gasteiger partial charge in [-0.25, -0.2) is 0 Å². The van der Waals surface area contributed by atoms with E-state index in [0.29, 0.717) is 17.6 Å². The highest BCUT2D eigenvalue weighted by molar-refractivity contribution is 5.77. The topological polar surface area (TPSA) is 65.7 Å². The third-order valence-corrected chi connectivity index (χ3v) is 7.62. The van der Waals surface area contributed by atoms with Gasteiger partial charge in [-0.2, -0.15) is 0 Å². The zero-order chi connectivity index (χ0) is 21.2. The van der Waals surface area contributed by atoms with Crippen LogP contribution < -0.4 is 0 Å². The van der Waals surface area contributed by atoms with E-state index in [9.17, 15) is 9.59 Å². The summed E-state index contributed by atoms with van der Waals surface area (Å²) in [5.74, 6) is 0.982. The molecule has 5 heteroatoms. The third kappa shape index (κ3) is 4.01. The molecule has 0 unspecified atom stereocenters. The third-order valence-electron chi connectivity index (χ3n) is 7.62. The van der Waals surface area contributed by atoms with Crippen LogP contribution >= 0.6 is 0 Å². The van der Waals surface area contributed by atoms with Crippen molar-refractivity contribution in [1.82, 2.24) is 0 Å². The standard InChI is InChI=1S/C24H34O5/c1-16-7-10-21-23(3,12-6-13-24(21,4)22(26)27-5)19(16)9-8-18-11-14-28-20(18)15-29-17(2)25/h11,14,19,21H,1,6-10,12-13,15H2,2-5H3/t19-,21+,23-,24+/m1/s1. The summed E-state index contributed by atoms with van der Waals surface area (Å²) >= 11 is 0. The second-order valence-corrected chi connectivity index (χ2v) is 9.26. The van der Waals surface area contributed by atoms with Gasteiger partial charge in [0.1, 0.15) is 12.4 Å². The molecule has 160 valence electrons. The number of ether oxygens (including phenoxy) is 2. The first-order valence-corrected chi connectivity index (χ1v) is 10.7. The molecule has 1 heterocycles. The Bertz CT molecular complexity index is 778. The van der Waals surface area contributed by atoms with Crippen molar-refractivity contribution in [3.63, 3.8) is 0 Å². The van der Waals surface area contributed by atoms with Gasteiger partial charge in [-0.3, -0.25) is 9.59 Å². The predicted molar refractivity (Wildman–Crippen MR) is 110 cm³/mol. The first kappa shape index (κ1) is 21.7. The highest BCUT2D eigenvalue weighted by Crippen LogP contribution is 2.62. The van der Waals surface area contributed by atoms with Crippen LogP contribution in [0.2, 0.25) is 0 Å². The van der Waals surface area contributed by atoms with E-state index >= 15 is 0 Å². The van der Waals surface area contributed by atoms with E-state index in [1.165, 1.54) is 19.6 Å². The molecule has 1 aromatic rings. The summed E-state index contributed by atoms with van der Waals surface area (Å²) in [6.07, 6.45) is 8.45. The van der Waals surface area contributed by atoms with E-state index in [4.69, 9.17) is 13.9 Å². The van der Waals surface area contributed by atoms with Crippen LogP contribution in [-0.4, -0.2) is 19.0 Å². The summed E-state index contributed by atoms with van der Waals surface area (Å²) in [7, 11) is 1.50. The van der Waals surface area contributed by atoms with Crippen LogP contribution in [0.25, 0.3) is 0 Å². The summed E-state index contributed by atoms with van der Waals surface area (Å²) < 4.78 is 15.9. The Morgan fingerprint density at radius 1 is 1.31 bits per heavy atom. The van der Waals surface area contributed by atoms with Gasteiger partial charge in [-0.05, 0) is 74.3 Å². The van der Waals surface area contributed by atoms with Gasteiger partial charge in [0.2, 0.25) is 0 Å². The van der Waals surface area contributed by atoms with Gasteiger partial charge in [-0.1, -0.05) is 25.5 Å². The van der Waals surface area contributed by atoms with Gasteiger partial charge >= 0.3 is 11.9 Å². The molecule has 0 spiro atoms. The quantitative estimate of drug-likeness (QED) is 0.482. The van der Waals surface area contributed by atoms with Crippen molar-refractivity contribution in [3.8, 4) is 0 Å². The Morgan fingerprint density at radius 2 is 2.07 bits per heavy atom. The van der Waals surface area contributed by atoms with Gasteiger partial charge in [0, 0.05) is 6.92 Å². The molecule has 0 saturated heterocycles. The molecule has 2 fully saturated rings. The Kier molecular flexibility index (Phi) is 6.25. The molecule has 0 radical (unpaired) electrons. The molecule has 2 aliphatic carbocycles. The molecular formula is C24H34O5. The normalized spacial score (nSPS) is 31.8. The number of aryl methyl sites for hydroxylation is 1. The summed E-state index contributed by atoms with van der Waals surface area (Å²) in [5.41, 5.74) is 1.99. The van der Waals surface area contributed by atoms with Gasteiger partial charge < -0.3 is 13.9 Å². The Morgan fingerprint density at radius 3 is 2.76 bits per heavy atom. The lowest BCUT2D eigenvalue weighted by molar-refractivity contribution is -0.168. The second kappa shape index (κ2) is 8.37. The molecule has 0 bridgehead atoms. The maximum Gasteiger partial charge on any atom is 0.311 e. The molecule has 0 N–H and O–H groups in total. The summed E-state index contributed by atoms with van der Waals surface area (Å²) in [5, 5.41) is 0. The summed E-state index contributed by atoms with van der Waals surface area (Å²) in [6, 6.07) is 1.96. The molecule has 0 aromatic carbocycles. The van der Waals surface area contributed by atoms with Crippen LogP contribution in [0.1, 0.15) is 70.6 Å². The minimum Gasteiger partial charge on any atom is -0.469 e. The number of allylic oxidation sites excluding steroid dienone is 1. The molecule has 5 nitrogen and oxygen atoms in total. The van der Waals surface area contributed by atoms with E-state index in [0.717, 1.165) is 50.5 Å². The largest absolute Gasteiger partial charge is 0.469 e. The molecule has 3 rings (SSSR count). The number of fused-ring (bicyclic) bond motifs is 1. The zero-order valence-electron chi connectivity index (χ0n) is 18.2. The minimum atomic E-state index is -0.420. The highest BCUT2D eigenvalue weighted by Gasteiger charge is 2.57. The average molecular weight is 403 g/mol. The smallest absolute Gasteiger partial charge is 0.311 e. The van der Waals surface area contributed by atoms with Crippen LogP contribution in [0.3, 0.4) is 0 Å². The predicted octanol–water partition coefficient (Wildman–Crippen LogP) is 5.23. The van der Waals surface area contributed by atoms with Crippen LogP contribution in [-0.2, 0) is 32.1 Å². The van der Waals surface area contributed by atoms with E-state index in [1.807, 2.05) is 6.07 Å². The number of esters is 2. The van der Waals surface area contributed by atoms with Crippen LogP contribution in [0.4, 0.5) is 0 Å². The molecule has 1 aromatic heterocycles. The number of carbonyl (C=O) groups excluding carboxylic acids is 2. The number of rotatable bonds is 6. The van der Waals surface area contributed by atoms with Crippen molar-refractivity contribution in [1.29, 1.82) is 0 Å². The van der Waals surface area contributed by atoms with Crippen molar-refractivity contribution < 1.29 is 23.5 Å². The molecular weight excluding hydrogens is 368 g/mol. The van der Waals surface area contributed by atoms with E-state index in [1.54, 1.807) is 6.26 Å². The first-order valence-electron chi connectivity index (χ1n) is 10.7. The molecule has 2 saturated carbocycles. The lowest BCUT2D eigenvalue weighted by Gasteiger charge is -2.57. The minimum absolute atomic E-state index is 0.0380. The lowest BCUT2D eigenvalue weighted by atomic mass is 9.46. The van der Waals surface area contributed by atoms with E-state index in [2.05, 4.69) is 20.4 Å². The molecule has 0 amide bonds. The number of furan rings is 1. The first-order chi connectivity index (χ1) is 13.7. The van der Waals surface area contributed by atoms with Gasteiger partial charge in [0.05, 0.1) is 18.8 Å². The molecule has 0 aliphatic heterocycles. The van der Waals surface area contributed by atoms with Crippen molar-refractivity contribution in [2.45, 2.75) is 72.3 Å². The average Bonchev–Trinajstić information content (AvgIpc) is 3.12. The van der Waals surface area contributed by atoms with Crippen molar-refractivity contribution in [2.75, 3.05) is 7.11 Å². The van der Waals surface area contributed by atoms with Crippen molar-refractivity contribution in [3.05, 3.63) is 35.8 Å². The maximum atomic E-state index is 12.7. The van der Waals surface area contributed by atoms with Gasteiger partial charge in [0.15, 0.2) is 0 Å². The van der Waals surface area contributed by atoms with Crippen LogP contribution in [0.5, 0.6) is 0 Å². The maximum absolute atomic E-state index is 12.7. The Balaban J connectivity index is 1.79. The Labute approximate surface area is 173 Å². The highest BCUT2D eigenvalue weighted by atomic mass is 16.5. The SMILES string of the molecule is C=C1CC[C@H]2[C@](C)(CCC[C@]2(C)C(=O)OC)[C@@H]1CCc1ccoc1COC(C)=O. The number of carbonyl (C=O) groups is 2. The van der Waals surface area contributed by atoms with E-state index < -0.39 is 5.41 Å². The van der Waals surface area contributed by atoms with Gasteiger partial charge in [0.25, 0.3) is 0 Å². The fraction of sp³-hybridized carbons (Fsp3) is 0.667. The fourth-order valence-electron chi connectivity index (χ4n) is 6.14. The number of methoxy groups -OCH3 is 1. The molecule has 4 atom stereocenters. The molecule has 29 heavy (non-hydrogen) atoms. The zero-order valence-corrected chi connectivity index (χ0v) is 18.2. The monoisotopic (exact) mass is 402 g/mol. The summed E-state index contributed by atoms with van der Waals surface area (Å²) in [4.78, 5) is 23.8. The number of hydrogen-bond acceptors (Lipinski definition) is 5. The fourth-order valence-corrected chi connectivity index (χ4v) is 6.14. The number of hydrogen-bond donors (Lipinski definition) is 0. The van der Waals surface area contributed by atoms with E-state index in [-0.39, 0.29) is 24.0 Å². The van der Waals surface area contributed by atoms with Crippen LogP contribution in [0, 0.1) is 22.7 Å². The Hall–Kier alpha value is -2.04. The van der Waals surface area contributed by atoms with Crippen molar-refractivity contribution >= 4 is 11.9 Å². The van der Waals surface area contributed by atoms with Crippen molar-refractivity contribution in [2.24, 2.45) is 22.7 Å².